The summed E-state index contributed by atoms with van der Waals surface area (Å²) in [6.07, 6.45) is 0.298. The number of hydrogen-bond acceptors (Lipinski definition) is 8. The van der Waals surface area contributed by atoms with E-state index in [0.717, 1.165) is 10.8 Å². The van der Waals surface area contributed by atoms with E-state index < -0.39 is 22.9 Å². The third kappa shape index (κ3) is 6.55. The van der Waals surface area contributed by atoms with Gasteiger partial charge in [0.2, 0.25) is 0 Å². The fraction of sp³-hybridized carbons (Fsp3) is 0.138. The van der Waals surface area contributed by atoms with Crippen molar-refractivity contribution < 1.29 is 28.7 Å². The number of esters is 1. The van der Waals surface area contributed by atoms with Gasteiger partial charge in [-0.05, 0) is 61.0 Å². The Morgan fingerprint density at radius 1 is 0.974 bits per heavy atom. The molecule has 1 amide bonds. The van der Waals surface area contributed by atoms with Crippen molar-refractivity contribution in [2.24, 2.45) is 5.10 Å². The minimum atomic E-state index is -1.08. The molecule has 39 heavy (non-hydrogen) atoms. The van der Waals surface area contributed by atoms with Gasteiger partial charge in [0.05, 0.1) is 23.3 Å². The third-order valence-corrected chi connectivity index (χ3v) is 5.64. The van der Waals surface area contributed by atoms with E-state index in [1.807, 2.05) is 37.3 Å². The molecule has 1 N–H and O–H groups in total. The first-order valence-electron chi connectivity index (χ1n) is 12.1. The minimum absolute atomic E-state index is 0.0355. The smallest absolute Gasteiger partial charge is 0.343 e. The number of para-hydroxylation sites is 2. The van der Waals surface area contributed by atoms with Crippen molar-refractivity contribution in [2.75, 3.05) is 6.61 Å². The van der Waals surface area contributed by atoms with Crippen LogP contribution in [0.4, 0.5) is 5.69 Å². The molecule has 0 fully saturated rings. The van der Waals surface area contributed by atoms with Crippen LogP contribution >= 0.6 is 0 Å². The Morgan fingerprint density at radius 3 is 2.44 bits per heavy atom. The molecule has 0 bridgehead atoms. The van der Waals surface area contributed by atoms with Crippen LogP contribution in [0.15, 0.2) is 90.0 Å². The van der Waals surface area contributed by atoms with Crippen LogP contribution in [0, 0.1) is 10.1 Å². The maximum Gasteiger partial charge on any atom is 0.343 e. The number of rotatable bonds is 10. The van der Waals surface area contributed by atoms with Crippen molar-refractivity contribution in [1.29, 1.82) is 0 Å². The molecule has 0 saturated heterocycles. The SMILES string of the molecule is CCOc1ccc(C(=O)Oc2ccc3ccccc3c2/C=N\NC(=O)[C@@H](C)Oc2ccccc2[N+](=O)[O-])cc1. The lowest BCUT2D eigenvalue weighted by Crippen LogP contribution is -2.33. The second-order valence-corrected chi connectivity index (χ2v) is 8.26. The highest BCUT2D eigenvalue weighted by Crippen LogP contribution is 2.28. The van der Waals surface area contributed by atoms with Gasteiger partial charge in [0, 0.05) is 11.6 Å². The van der Waals surface area contributed by atoms with Gasteiger partial charge in [-0.25, -0.2) is 10.2 Å². The van der Waals surface area contributed by atoms with Gasteiger partial charge in [0.1, 0.15) is 11.5 Å². The monoisotopic (exact) mass is 527 g/mol. The summed E-state index contributed by atoms with van der Waals surface area (Å²) < 4.78 is 16.6. The number of carbonyl (C=O) groups excluding carboxylic acids is 2. The number of hydrogen-bond donors (Lipinski definition) is 1. The van der Waals surface area contributed by atoms with Crippen molar-refractivity contribution in [3.8, 4) is 17.2 Å². The highest BCUT2D eigenvalue weighted by atomic mass is 16.6. The topological polar surface area (TPSA) is 129 Å². The fourth-order valence-electron chi connectivity index (χ4n) is 3.71. The average Bonchev–Trinajstić information content (AvgIpc) is 2.94. The Hall–Kier alpha value is -5.25. The second kappa shape index (κ2) is 12.3. The highest BCUT2D eigenvalue weighted by Gasteiger charge is 2.20. The van der Waals surface area contributed by atoms with E-state index in [-0.39, 0.29) is 17.2 Å². The number of nitrogens with zero attached hydrogens (tertiary/aromatic N) is 2. The summed E-state index contributed by atoms with van der Waals surface area (Å²) in [7, 11) is 0. The number of nitro benzene ring substituents is 1. The number of carbonyl (C=O) groups is 2. The van der Waals surface area contributed by atoms with Gasteiger partial charge >= 0.3 is 11.7 Å². The molecule has 198 valence electrons. The molecule has 4 aromatic carbocycles. The Labute approximate surface area is 224 Å². The van der Waals surface area contributed by atoms with E-state index in [2.05, 4.69) is 10.5 Å². The normalized spacial score (nSPS) is 11.6. The van der Waals surface area contributed by atoms with Gasteiger partial charge in [-0.3, -0.25) is 14.9 Å². The van der Waals surface area contributed by atoms with Gasteiger partial charge in [-0.1, -0.05) is 42.5 Å². The summed E-state index contributed by atoms with van der Waals surface area (Å²) >= 11 is 0. The van der Waals surface area contributed by atoms with Crippen LogP contribution in [0.25, 0.3) is 10.8 Å². The van der Waals surface area contributed by atoms with Crippen LogP contribution < -0.4 is 19.6 Å². The molecular weight excluding hydrogens is 502 g/mol. The zero-order valence-electron chi connectivity index (χ0n) is 21.2. The Balaban J connectivity index is 1.52. The molecule has 0 aliphatic carbocycles. The van der Waals surface area contributed by atoms with Crippen LogP contribution in [0.2, 0.25) is 0 Å². The van der Waals surface area contributed by atoms with E-state index in [1.54, 1.807) is 36.4 Å². The molecule has 0 heterocycles. The van der Waals surface area contributed by atoms with Crippen LogP contribution in [-0.4, -0.2) is 35.7 Å². The molecule has 10 heteroatoms. The van der Waals surface area contributed by atoms with Gasteiger partial charge in [-0.15, -0.1) is 0 Å². The number of benzene rings is 4. The molecule has 10 nitrogen and oxygen atoms in total. The number of nitrogens with one attached hydrogen (secondary N) is 1. The van der Waals surface area contributed by atoms with E-state index in [9.17, 15) is 19.7 Å². The lowest BCUT2D eigenvalue weighted by molar-refractivity contribution is -0.386. The summed E-state index contributed by atoms with van der Waals surface area (Å²) in [6.45, 7) is 3.83. The van der Waals surface area contributed by atoms with Crippen molar-refractivity contribution in [1.82, 2.24) is 5.43 Å². The quantitative estimate of drug-likeness (QED) is 0.0976. The minimum Gasteiger partial charge on any atom is -0.494 e. The zero-order chi connectivity index (χ0) is 27.8. The summed E-state index contributed by atoms with van der Waals surface area (Å²) in [5.74, 6) is -0.346. The molecule has 1 atom stereocenters. The lowest BCUT2D eigenvalue weighted by atomic mass is 10.0. The van der Waals surface area contributed by atoms with Crippen LogP contribution in [-0.2, 0) is 4.79 Å². The molecule has 0 aliphatic heterocycles. The van der Waals surface area contributed by atoms with Gasteiger partial charge in [0.25, 0.3) is 5.91 Å². The number of ether oxygens (including phenoxy) is 3. The molecule has 0 saturated carbocycles. The Morgan fingerprint density at radius 2 is 1.69 bits per heavy atom. The predicted molar refractivity (Wildman–Crippen MR) is 145 cm³/mol. The van der Waals surface area contributed by atoms with Crippen molar-refractivity contribution in [3.63, 3.8) is 0 Å². The van der Waals surface area contributed by atoms with Crippen LogP contribution in [0.5, 0.6) is 17.2 Å². The standard InChI is InChI=1S/C29H25N3O7/c1-3-37-22-15-12-21(13-16-22)29(34)39-26-17-14-20-8-4-5-9-23(20)24(26)18-30-31-28(33)19(2)38-27-11-7-6-10-25(27)32(35)36/h4-19H,3H2,1-2H3,(H,31,33)/b30-18-/t19-/m1/s1. The number of fused-ring (bicyclic) bond motifs is 1. The second-order valence-electron chi connectivity index (χ2n) is 8.26. The number of hydrazone groups is 1. The first kappa shape index (κ1) is 26.8. The van der Waals surface area contributed by atoms with Crippen LogP contribution in [0.3, 0.4) is 0 Å². The maximum atomic E-state index is 12.9. The molecular formula is C29H25N3O7. The Kier molecular flexibility index (Phi) is 8.47. The van der Waals surface area contributed by atoms with Gasteiger partial charge in [0.15, 0.2) is 11.9 Å². The molecule has 0 unspecified atom stereocenters. The van der Waals surface area contributed by atoms with Crippen molar-refractivity contribution in [2.45, 2.75) is 20.0 Å². The zero-order valence-corrected chi connectivity index (χ0v) is 21.2. The van der Waals surface area contributed by atoms with E-state index in [4.69, 9.17) is 14.2 Å². The third-order valence-electron chi connectivity index (χ3n) is 5.64. The molecule has 4 rings (SSSR count). The number of amides is 1. The summed E-state index contributed by atoms with van der Waals surface area (Å²) in [5, 5.41) is 16.9. The number of nitro groups is 1. The van der Waals surface area contributed by atoms with Crippen molar-refractivity contribution in [3.05, 3.63) is 106 Å². The van der Waals surface area contributed by atoms with Crippen molar-refractivity contribution >= 4 is 34.6 Å². The molecule has 0 aliphatic rings. The van der Waals surface area contributed by atoms with E-state index >= 15 is 0 Å². The van der Waals surface area contributed by atoms with E-state index in [0.29, 0.717) is 23.5 Å². The summed E-state index contributed by atoms with van der Waals surface area (Å²) in [6, 6.07) is 23.3. The predicted octanol–water partition coefficient (Wildman–Crippen LogP) is 5.28. The molecule has 0 radical (unpaired) electrons. The lowest BCUT2D eigenvalue weighted by Gasteiger charge is -2.13. The average molecular weight is 528 g/mol. The van der Waals surface area contributed by atoms with Crippen LogP contribution in [0.1, 0.15) is 29.8 Å². The largest absolute Gasteiger partial charge is 0.494 e. The Bertz CT molecular complexity index is 1530. The molecule has 0 aromatic heterocycles. The molecule has 0 spiro atoms. The first-order chi connectivity index (χ1) is 18.9. The highest BCUT2D eigenvalue weighted by molar-refractivity contribution is 6.04. The maximum absolute atomic E-state index is 12.9. The first-order valence-corrected chi connectivity index (χ1v) is 12.1. The van der Waals surface area contributed by atoms with E-state index in [1.165, 1.54) is 31.3 Å². The molecule has 4 aromatic rings. The van der Waals surface area contributed by atoms with Gasteiger partial charge in [-0.2, -0.15) is 5.10 Å². The summed E-state index contributed by atoms with van der Waals surface area (Å²) in [5.41, 5.74) is 2.93. The summed E-state index contributed by atoms with van der Waals surface area (Å²) in [4.78, 5) is 36.1. The van der Waals surface area contributed by atoms with Gasteiger partial charge < -0.3 is 14.2 Å². The fourth-order valence-corrected chi connectivity index (χ4v) is 3.71.